The molecule has 2 atom stereocenters. The molecule has 0 amide bonds. The van der Waals surface area contributed by atoms with Gasteiger partial charge in [-0.25, -0.2) is 0 Å². The van der Waals surface area contributed by atoms with Crippen molar-refractivity contribution < 1.29 is 4.74 Å². The van der Waals surface area contributed by atoms with Crippen molar-refractivity contribution >= 4 is 0 Å². The van der Waals surface area contributed by atoms with Crippen molar-refractivity contribution in [2.24, 2.45) is 5.92 Å². The lowest BCUT2D eigenvalue weighted by molar-refractivity contribution is 0.336. The molecule has 0 aliphatic carbocycles. The van der Waals surface area contributed by atoms with Crippen molar-refractivity contribution in [2.75, 3.05) is 0 Å². The summed E-state index contributed by atoms with van der Waals surface area (Å²) in [7, 11) is 0. The first kappa shape index (κ1) is 7.81. The van der Waals surface area contributed by atoms with Crippen LogP contribution < -0.4 is 0 Å². The van der Waals surface area contributed by atoms with E-state index in [2.05, 4.69) is 38.1 Å². The number of benzene rings is 1. The Labute approximate surface area is 73.4 Å². The highest BCUT2D eigenvalue weighted by Gasteiger charge is 2.41. The Morgan fingerprint density at radius 2 is 1.83 bits per heavy atom. The zero-order valence-corrected chi connectivity index (χ0v) is 7.53. The van der Waals surface area contributed by atoms with E-state index < -0.39 is 0 Å². The Hall–Kier alpha value is -0.820. The molecule has 1 aromatic rings. The maximum absolute atomic E-state index is 5.56. The first-order valence-electron chi connectivity index (χ1n) is 4.49. The monoisotopic (exact) mass is 162 g/mol. The predicted molar refractivity (Wildman–Crippen MR) is 48.9 cm³/mol. The van der Waals surface area contributed by atoms with Crippen LogP contribution in [0.3, 0.4) is 0 Å². The summed E-state index contributed by atoms with van der Waals surface area (Å²) >= 11 is 0. The van der Waals surface area contributed by atoms with E-state index in [0.29, 0.717) is 18.1 Å². The van der Waals surface area contributed by atoms with Gasteiger partial charge in [0.1, 0.15) is 6.10 Å². The highest BCUT2D eigenvalue weighted by Crippen LogP contribution is 2.42. The fraction of sp³-hybridized carbons (Fsp3) is 0.455. The third-order valence-electron chi connectivity index (χ3n) is 2.31. The van der Waals surface area contributed by atoms with Crippen LogP contribution in [-0.2, 0) is 4.74 Å². The molecule has 1 heteroatoms. The minimum absolute atomic E-state index is 0.367. The van der Waals surface area contributed by atoms with Crippen molar-refractivity contribution in [1.82, 2.24) is 0 Å². The second kappa shape index (κ2) is 2.91. The largest absolute Gasteiger partial charge is 0.364 e. The molecular formula is C11H14O. The number of hydrogen-bond donors (Lipinski definition) is 0. The van der Waals surface area contributed by atoms with E-state index in [1.165, 1.54) is 5.56 Å². The lowest BCUT2D eigenvalue weighted by Gasteiger charge is -1.97. The van der Waals surface area contributed by atoms with Crippen molar-refractivity contribution in [3.63, 3.8) is 0 Å². The van der Waals surface area contributed by atoms with E-state index in [1.54, 1.807) is 0 Å². The number of hydrogen-bond acceptors (Lipinski definition) is 1. The standard InChI is InChI=1S/C11H14O/c1-8(2)10-11(12-10)9-6-4-3-5-7-9/h3-8,10-11H,1-2H3/t10-,11+/m1/s1. The second-order valence-electron chi connectivity index (χ2n) is 3.68. The highest BCUT2D eigenvalue weighted by atomic mass is 16.6. The second-order valence-corrected chi connectivity index (χ2v) is 3.68. The summed E-state index contributed by atoms with van der Waals surface area (Å²) in [6.07, 6.45) is 0.818. The summed E-state index contributed by atoms with van der Waals surface area (Å²) in [5.74, 6) is 0.634. The topological polar surface area (TPSA) is 12.5 Å². The molecule has 1 aromatic carbocycles. The molecule has 0 radical (unpaired) electrons. The van der Waals surface area contributed by atoms with Gasteiger partial charge in [-0.1, -0.05) is 44.2 Å². The molecule has 2 rings (SSSR count). The molecule has 1 heterocycles. The molecule has 0 aromatic heterocycles. The van der Waals surface area contributed by atoms with Gasteiger partial charge in [-0.05, 0) is 11.5 Å². The summed E-state index contributed by atoms with van der Waals surface area (Å²) in [6.45, 7) is 4.40. The van der Waals surface area contributed by atoms with Crippen LogP contribution in [0.2, 0.25) is 0 Å². The van der Waals surface area contributed by atoms with Crippen LogP contribution in [0.25, 0.3) is 0 Å². The van der Waals surface area contributed by atoms with Crippen LogP contribution in [0.1, 0.15) is 25.5 Å². The lowest BCUT2D eigenvalue weighted by atomic mass is 10.0. The van der Waals surface area contributed by atoms with Gasteiger partial charge in [-0.2, -0.15) is 0 Å². The molecule has 0 N–H and O–H groups in total. The zero-order valence-electron chi connectivity index (χ0n) is 7.53. The summed E-state index contributed by atoms with van der Waals surface area (Å²) in [5, 5.41) is 0. The van der Waals surface area contributed by atoms with Crippen molar-refractivity contribution in [3.05, 3.63) is 35.9 Å². The van der Waals surface area contributed by atoms with Crippen LogP contribution in [0.4, 0.5) is 0 Å². The average molecular weight is 162 g/mol. The minimum atomic E-state index is 0.367. The Balaban J connectivity index is 2.06. The van der Waals surface area contributed by atoms with E-state index in [0.717, 1.165) is 0 Å². The summed E-state index contributed by atoms with van der Waals surface area (Å²) < 4.78 is 5.56. The molecule has 1 aliphatic heterocycles. The molecule has 64 valence electrons. The van der Waals surface area contributed by atoms with Gasteiger partial charge in [0.15, 0.2) is 0 Å². The van der Waals surface area contributed by atoms with Gasteiger partial charge < -0.3 is 4.74 Å². The third-order valence-corrected chi connectivity index (χ3v) is 2.31. The van der Waals surface area contributed by atoms with Crippen LogP contribution in [0.15, 0.2) is 30.3 Å². The van der Waals surface area contributed by atoms with E-state index in [9.17, 15) is 0 Å². The third kappa shape index (κ3) is 1.37. The highest BCUT2D eigenvalue weighted by molar-refractivity contribution is 5.22. The van der Waals surface area contributed by atoms with Gasteiger partial charge in [0.2, 0.25) is 0 Å². The summed E-state index contributed by atoms with van der Waals surface area (Å²) in [6, 6.07) is 10.4. The Kier molecular flexibility index (Phi) is 1.89. The van der Waals surface area contributed by atoms with E-state index >= 15 is 0 Å². The molecule has 0 spiro atoms. The van der Waals surface area contributed by atoms with Crippen LogP contribution in [0, 0.1) is 5.92 Å². The molecule has 1 saturated heterocycles. The van der Waals surface area contributed by atoms with E-state index in [4.69, 9.17) is 4.74 Å². The van der Waals surface area contributed by atoms with Gasteiger partial charge >= 0.3 is 0 Å². The predicted octanol–water partition coefficient (Wildman–Crippen LogP) is 2.78. The first-order chi connectivity index (χ1) is 5.79. The molecule has 0 bridgehead atoms. The van der Waals surface area contributed by atoms with E-state index in [-0.39, 0.29) is 0 Å². The van der Waals surface area contributed by atoms with Crippen molar-refractivity contribution in [3.8, 4) is 0 Å². The molecule has 1 nitrogen and oxygen atoms in total. The average Bonchev–Trinajstić information content (AvgIpc) is 2.84. The smallest absolute Gasteiger partial charge is 0.109 e. The molecule has 1 aliphatic rings. The van der Waals surface area contributed by atoms with Gasteiger partial charge in [0.25, 0.3) is 0 Å². The minimum Gasteiger partial charge on any atom is -0.364 e. The van der Waals surface area contributed by atoms with Crippen molar-refractivity contribution in [2.45, 2.75) is 26.1 Å². The normalized spacial score (nSPS) is 27.6. The number of epoxide rings is 1. The maximum atomic E-state index is 5.56. The molecular weight excluding hydrogens is 148 g/mol. The lowest BCUT2D eigenvalue weighted by Crippen LogP contribution is -1.97. The maximum Gasteiger partial charge on any atom is 0.109 e. The molecule has 12 heavy (non-hydrogen) atoms. The molecule has 0 unspecified atom stereocenters. The number of ether oxygens (including phenoxy) is 1. The Morgan fingerprint density at radius 1 is 1.17 bits per heavy atom. The van der Waals surface area contributed by atoms with Crippen LogP contribution in [-0.4, -0.2) is 6.10 Å². The SMILES string of the molecule is CC(C)[C@H]1O[C@H]1c1ccccc1. The van der Waals surface area contributed by atoms with Gasteiger partial charge in [0.05, 0.1) is 6.10 Å². The van der Waals surface area contributed by atoms with E-state index in [1.807, 2.05) is 6.07 Å². The number of rotatable bonds is 2. The summed E-state index contributed by atoms with van der Waals surface area (Å²) in [5.41, 5.74) is 1.32. The fourth-order valence-corrected chi connectivity index (χ4v) is 1.54. The summed E-state index contributed by atoms with van der Waals surface area (Å²) in [4.78, 5) is 0. The van der Waals surface area contributed by atoms with Crippen molar-refractivity contribution in [1.29, 1.82) is 0 Å². The Bertz CT molecular complexity index is 253. The van der Waals surface area contributed by atoms with Gasteiger partial charge in [-0.15, -0.1) is 0 Å². The first-order valence-corrected chi connectivity index (χ1v) is 4.49. The molecule has 1 fully saturated rings. The van der Waals surface area contributed by atoms with Crippen LogP contribution in [0.5, 0.6) is 0 Å². The quantitative estimate of drug-likeness (QED) is 0.609. The van der Waals surface area contributed by atoms with Gasteiger partial charge in [-0.3, -0.25) is 0 Å². The van der Waals surface area contributed by atoms with Gasteiger partial charge in [0, 0.05) is 0 Å². The Morgan fingerprint density at radius 3 is 2.33 bits per heavy atom. The van der Waals surface area contributed by atoms with Crippen LogP contribution >= 0.6 is 0 Å². The fourth-order valence-electron chi connectivity index (χ4n) is 1.54. The zero-order chi connectivity index (χ0) is 8.55. The molecule has 0 saturated carbocycles.